The minimum atomic E-state index is 0.405. The second-order valence-corrected chi connectivity index (χ2v) is 4.99. The van der Waals surface area contributed by atoms with Crippen molar-refractivity contribution in [2.24, 2.45) is 11.7 Å². The molecule has 17 heavy (non-hydrogen) atoms. The molecule has 4 heteroatoms. The third kappa shape index (κ3) is 5.82. The monoisotopic (exact) mass is 244 g/mol. The van der Waals surface area contributed by atoms with E-state index in [9.17, 15) is 0 Å². The second-order valence-electron chi connectivity index (χ2n) is 4.99. The molecule has 0 aromatic heterocycles. The van der Waals surface area contributed by atoms with Gasteiger partial charge in [-0.15, -0.1) is 0 Å². The highest BCUT2D eigenvalue weighted by atomic mass is 16.5. The predicted octanol–water partition coefficient (Wildman–Crippen LogP) is 1.10. The summed E-state index contributed by atoms with van der Waals surface area (Å²) in [4.78, 5) is 2.47. The summed E-state index contributed by atoms with van der Waals surface area (Å²) in [6, 6.07) is 0.405. The summed E-state index contributed by atoms with van der Waals surface area (Å²) >= 11 is 0. The van der Waals surface area contributed by atoms with Gasteiger partial charge in [-0.1, -0.05) is 6.42 Å². The van der Waals surface area contributed by atoms with Gasteiger partial charge >= 0.3 is 0 Å². The van der Waals surface area contributed by atoms with E-state index in [1.165, 1.54) is 19.3 Å². The van der Waals surface area contributed by atoms with Crippen molar-refractivity contribution in [3.05, 3.63) is 0 Å². The molecule has 102 valence electrons. The summed E-state index contributed by atoms with van der Waals surface area (Å²) in [7, 11) is 3.51. The molecule has 1 saturated carbocycles. The van der Waals surface area contributed by atoms with Crippen molar-refractivity contribution in [1.29, 1.82) is 0 Å². The van der Waals surface area contributed by atoms with Gasteiger partial charge in [0, 0.05) is 46.5 Å². The number of hydrogen-bond donors (Lipinski definition) is 1. The summed E-state index contributed by atoms with van der Waals surface area (Å²) in [6.45, 7) is 4.84. The molecular weight excluding hydrogens is 216 g/mol. The Bertz CT molecular complexity index is 190. The van der Waals surface area contributed by atoms with E-state index in [1.807, 2.05) is 0 Å². The van der Waals surface area contributed by atoms with Crippen molar-refractivity contribution in [2.75, 3.05) is 47.1 Å². The lowest BCUT2D eigenvalue weighted by Gasteiger charge is -2.27. The Hall–Kier alpha value is -0.160. The summed E-state index contributed by atoms with van der Waals surface area (Å²) in [5.41, 5.74) is 6.13. The van der Waals surface area contributed by atoms with E-state index in [-0.39, 0.29) is 0 Å². The molecule has 0 heterocycles. The maximum Gasteiger partial charge on any atom is 0.0589 e. The van der Waals surface area contributed by atoms with Crippen LogP contribution < -0.4 is 5.73 Å². The minimum Gasteiger partial charge on any atom is -0.385 e. The van der Waals surface area contributed by atoms with Crippen LogP contribution >= 0.6 is 0 Å². The van der Waals surface area contributed by atoms with Gasteiger partial charge in [-0.25, -0.2) is 0 Å². The molecule has 4 nitrogen and oxygen atoms in total. The van der Waals surface area contributed by atoms with Gasteiger partial charge in [0.25, 0.3) is 0 Å². The average molecular weight is 244 g/mol. The van der Waals surface area contributed by atoms with Gasteiger partial charge in [-0.3, -0.25) is 0 Å². The molecule has 1 rings (SSSR count). The van der Waals surface area contributed by atoms with Crippen LogP contribution in [0, 0.1) is 5.92 Å². The number of nitrogens with two attached hydrogens (primary N) is 1. The fraction of sp³-hybridized carbons (Fsp3) is 1.00. The third-order valence-electron chi connectivity index (χ3n) is 3.65. The Morgan fingerprint density at radius 1 is 1.12 bits per heavy atom. The van der Waals surface area contributed by atoms with E-state index in [2.05, 4.69) is 4.90 Å². The molecule has 1 aliphatic rings. The van der Waals surface area contributed by atoms with Crippen molar-refractivity contribution in [3.8, 4) is 0 Å². The van der Waals surface area contributed by atoms with Gasteiger partial charge in [0.05, 0.1) is 6.61 Å². The first kappa shape index (κ1) is 14.9. The molecule has 0 spiro atoms. The van der Waals surface area contributed by atoms with Crippen molar-refractivity contribution in [3.63, 3.8) is 0 Å². The summed E-state index contributed by atoms with van der Waals surface area (Å²) < 4.78 is 10.3. The number of hydrogen-bond acceptors (Lipinski definition) is 4. The van der Waals surface area contributed by atoms with Gasteiger partial charge in [0.1, 0.15) is 0 Å². The zero-order chi connectivity index (χ0) is 12.5. The highest BCUT2D eigenvalue weighted by Crippen LogP contribution is 2.24. The Morgan fingerprint density at radius 2 is 1.88 bits per heavy atom. The molecule has 1 fully saturated rings. The molecule has 2 unspecified atom stereocenters. The maximum atomic E-state index is 6.13. The van der Waals surface area contributed by atoms with Crippen molar-refractivity contribution < 1.29 is 9.47 Å². The lowest BCUT2D eigenvalue weighted by atomic mass is 10.0. The van der Waals surface area contributed by atoms with Crippen LogP contribution in [0.4, 0.5) is 0 Å². The first-order valence-corrected chi connectivity index (χ1v) is 6.73. The standard InChI is InChI=1S/C13H28N2O2/c1-16-9-4-7-15(8-10-17-2)11-12-5-3-6-13(12)14/h12-13H,3-11,14H2,1-2H3. The van der Waals surface area contributed by atoms with E-state index in [0.717, 1.165) is 39.3 Å². The van der Waals surface area contributed by atoms with Crippen LogP contribution in [0.3, 0.4) is 0 Å². The van der Waals surface area contributed by atoms with Gasteiger partial charge in [-0.2, -0.15) is 0 Å². The summed E-state index contributed by atoms with van der Waals surface area (Å²) in [5.74, 6) is 0.675. The highest BCUT2D eigenvalue weighted by Gasteiger charge is 2.25. The Morgan fingerprint density at radius 3 is 2.47 bits per heavy atom. The average Bonchev–Trinajstić information content (AvgIpc) is 2.72. The van der Waals surface area contributed by atoms with Gasteiger partial charge in [0.15, 0.2) is 0 Å². The number of methoxy groups -OCH3 is 2. The molecule has 0 amide bonds. The van der Waals surface area contributed by atoms with Crippen molar-refractivity contribution >= 4 is 0 Å². The molecule has 0 saturated heterocycles. The molecule has 0 aromatic carbocycles. The quantitative estimate of drug-likeness (QED) is 0.617. The largest absolute Gasteiger partial charge is 0.385 e. The molecule has 0 aliphatic heterocycles. The number of nitrogens with zero attached hydrogens (tertiary/aromatic N) is 1. The maximum absolute atomic E-state index is 6.13. The number of ether oxygens (including phenoxy) is 2. The molecule has 1 aliphatic carbocycles. The first-order valence-electron chi connectivity index (χ1n) is 6.73. The van der Waals surface area contributed by atoms with Crippen LogP contribution in [0.1, 0.15) is 25.7 Å². The Kier molecular flexibility index (Phi) is 7.77. The zero-order valence-electron chi connectivity index (χ0n) is 11.4. The third-order valence-corrected chi connectivity index (χ3v) is 3.65. The molecule has 0 radical (unpaired) electrons. The summed E-state index contributed by atoms with van der Waals surface area (Å²) in [6.07, 6.45) is 4.86. The van der Waals surface area contributed by atoms with Gasteiger partial charge < -0.3 is 20.1 Å². The van der Waals surface area contributed by atoms with E-state index >= 15 is 0 Å². The van der Waals surface area contributed by atoms with Crippen LogP contribution in [0.15, 0.2) is 0 Å². The van der Waals surface area contributed by atoms with Crippen molar-refractivity contribution in [2.45, 2.75) is 31.7 Å². The lowest BCUT2D eigenvalue weighted by Crippen LogP contribution is -2.38. The Labute approximate surface area is 105 Å². The molecule has 2 N–H and O–H groups in total. The smallest absolute Gasteiger partial charge is 0.0589 e. The van der Waals surface area contributed by atoms with Gasteiger partial charge in [-0.05, 0) is 25.2 Å². The summed E-state index contributed by atoms with van der Waals surface area (Å²) in [5, 5.41) is 0. The second kappa shape index (κ2) is 8.86. The molecule has 0 aromatic rings. The molecule has 2 atom stereocenters. The van der Waals surface area contributed by atoms with Crippen LogP contribution in [0.2, 0.25) is 0 Å². The molecular formula is C13H28N2O2. The topological polar surface area (TPSA) is 47.7 Å². The fourth-order valence-electron chi connectivity index (χ4n) is 2.57. The number of rotatable bonds is 9. The van der Waals surface area contributed by atoms with E-state index < -0.39 is 0 Å². The van der Waals surface area contributed by atoms with Crippen LogP contribution in [0.5, 0.6) is 0 Å². The van der Waals surface area contributed by atoms with Gasteiger partial charge in [0.2, 0.25) is 0 Å². The van der Waals surface area contributed by atoms with E-state index in [0.29, 0.717) is 12.0 Å². The lowest BCUT2D eigenvalue weighted by molar-refractivity contribution is 0.121. The van der Waals surface area contributed by atoms with Crippen LogP contribution in [-0.2, 0) is 9.47 Å². The first-order chi connectivity index (χ1) is 8.27. The van der Waals surface area contributed by atoms with Crippen molar-refractivity contribution in [1.82, 2.24) is 4.90 Å². The van der Waals surface area contributed by atoms with Crippen LogP contribution in [-0.4, -0.2) is 58.0 Å². The predicted molar refractivity (Wildman–Crippen MR) is 70.1 cm³/mol. The van der Waals surface area contributed by atoms with E-state index in [4.69, 9.17) is 15.2 Å². The van der Waals surface area contributed by atoms with E-state index in [1.54, 1.807) is 14.2 Å². The minimum absolute atomic E-state index is 0.405. The zero-order valence-corrected chi connectivity index (χ0v) is 11.4. The SMILES string of the molecule is COCCCN(CCOC)CC1CCCC1N. The molecule has 0 bridgehead atoms. The van der Waals surface area contributed by atoms with Crippen LogP contribution in [0.25, 0.3) is 0 Å². The highest BCUT2D eigenvalue weighted by molar-refractivity contribution is 4.82. The fourth-order valence-corrected chi connectivity index (χ4v) is 2.57. The normalized spacial score (nSPS) is 24.7. The Balaban J connectivity index is 2.27.